The Morgan fingerprint density at radius 1 is 0.842 bits per heavy atom. The molecule has 2 unspecified atom stereocenters. The summed E-state index contributed by atoms with van der Waals surface area (Å²) in [6, 6.07) is 0.620. The first-order chi connectivity index (χ1) is 9.22. The van der Waals surface area contributed by atoms with Crippen molar-refractivity contribution in [3.05, 3.63) is 0 Å². The Bertz CT molecular complexity index is 265. The van der Waals surface area contributed by atoms with E-state index in [9.17, 15) is 0 Å². The molecule has 1 N–H and O–H groups in total. The van der Waals surface area contributed by atoms with Gasteiger partial charge >= 0.3 is 8.72 Å². The highest BCUT2D eigenvalue weighted by Gasteiger charge is 2.49. The van der Waals surface area contributed by atoms with Crippen LogP contribution in [0.15, 0.2) is 0 Å². The third kappa shape index (κ3) is 3.60. The third-order valence-corrected chi connectivity index (χ3v) is 9.07. The van der Waals surface area contributed by atoms with Crippen molar-refractivity contribution in [2.45, 2.75) is 76.3 Å². The Balaban J connectivity index is 2.06. The molecule has 19 heavy (non-hydrogen) atoms. The largest absolute Gasteiger partial charge is 0.428 e. The second-order valence-corrected chi connectivity index (χ2v) is 9.60. The first kappa shape index (κ1) is 15.5. The standard InChI is InChI=1S/C15H31NO2Si/c1-13-9-7-8-12-15(13)19(17-2,18-3)16-14-10-5-4-6-11-14/h13-16H,4-12H2,1-3H3. The molecule has 112 valence electrons. The molecule has 4 heteroatoms. The highest BCUT2D eigenvalue weighted by atomic mass is 28.4. The maximum atomic E-state index is 6.01. The quantitative estimate of drug-likeness (QED) is 0.781. The van der Waals surface area contributed by atoms with Gasteiger partial charge in [-0.25, -0.2) is 0 Å². The van der Waals surface area contributed by atoms with Crippen molar-refractivity contribution >= 4 is 8.72 Å². The number of nitrogens with one attached hydrogen (secondary N) is 1. The molecule has 2 saturated carbocycles. The van der Waals surface area contributed by atoms with Crippen LogP contribution in [-0.4, -0.2) is 29.0 Å². The van der Waals surface area contributed by atoms with Crippen molar-refractivity contribution in [1.29, 1.82) is 0 Å². The minimum absolute atomic E-state index is 0.609. The fourth-order valence-electron chi connectivity index (χ4n) is 4.02. The van der Waals surface area contributed by atoms with E-state index in [0.29, 0.717) is 11.6 Å². The molecule has 0 bridgehead atoms. The van der Waals surface area contributed by atoms with Gasteiger partial charge < -0.3 is 8.85 Å². The summed E-state index contributed by atoms with van der Waals surface area (Å²) >= 11 is 0. The van der Waals surface area contributed by atoms with E-state index >= 15 is 0 Å². The van der Waals surface area contributed by atoms with Gasteiger partial charge in [0, 0.05) is 25.8 Å². The summed E-state index contributed by atoms with van der Waals surface area (Å²) in [7, 11) is 1.47. The fourth-order valence-corrected chi connectivity index (χ4v) is 7.60. The van der Waals surface area contributed by atoms with Gasteiger partial charge in [0.15, 0.2) is 0 Å². The summed E-state index contributed by atoms with van der Waals surface area (Å²) in [5, 5.41) is 0. The topological polar surface area (TPSA) is 30.5 Å². The molecule has 2 fully saturated rings. The normalized spacial score (nSPS) is 30.5. The molecule has 0 saturated heterocycles. The summed E-state index contributed by atoms with van der Waals surface area (Å²) in [5.41, 5.74) is 0.609. The Morgan fingerprint density at radius 2 is 1.42 bits per heavy atom. The van der Waals surface area contributed by atoms with Crippen molar-refractivity contribution in [3.8, 4) is 0 Å². The molecule has 2 rings (SSSR count). The highest BCUT2D eigenvalue weighted by Crippen LogP contribution is 2.41. The lowest BCUT2D eigenvalue weighted by Crippen LogP contribution is -2.63. The first-order valence-electron chi connectivity index (χ1n) is 8.10. The summed E-state index contributed by atoms with van der Waals surface area (Å²) in [4.78, 5) is 3.86. The van der Waals surface area contributed by atoms with Crippen LogP contribution in [0.4, 0.5) is 0 Å². The minimum atomic E-state index is -2.24. The van der Waals surface area contributed by atoms with Crippen molar-refractivity contribution < 1.29 is 8.85 Å². The second kappa shape index (κ2) is 7.20. The molecule has 0 heterocycles. The Labute approximate surface area is 119 Å². The fraction of sp³-hybridized carbons (Fsp3) is 1.00. The average molecular weight is 286 g/mol. The van der Waals surface area contributed by atoms with E-state index in [4.69, 9.17) is 8.85 Å². The lowest BCUT2D eigenvalue weighted by molar-refractivity contribution is 0.176. The van der Waals surface area contributed by atoms with E-state index in [2.05, 4.69) is 11.9 Å². The van der Waals surface area contributed by atoms with Crippen LogP contribution < -0.4 is 4.98 Å². The molecule has 2 atom stereocenters. The van der Waals surface area contributed by atoms with Gasteiger partial charge in [-0.2, -0.15) is 0 Å². The molecule has 2 aliphatic rings. The third-order valence-electron chi connectivity index (χ3n) is 5.22. The van der Waals surface area contributed by atoms with E-state index in [0.717, 1.165) is 5.92 Å². The van der Waals surface area contributed by atoms with E-state index in [1.165, 1.54) is 57.8 Å². The first-order valence-corrected chi connectivity index (χ1v) is 9.99. The van der Waals surface area contributed by atoms with Crippen LogP contribution in [-0.2, 0) is 8.85 Å². The van der Waals surface area contributed by atoms with E-state index in [1.807, 2.05) is 14.2 Å². The van der Waals surface area contributed by atoms with E-state index in [1.54, 1.807) is 0 Å². The van der Waals surface area contributed by atoms with E-state index in [-0.39, 0.29) is 0 Å². The van der Waals surface area contributed by atoms with Crippen LogP contribution in [0.2, 0.25) is 5.54 Å². The maximum absolute atomic E-state index is 6.01. The summed E-state index contributed by atoms with van der Waals surface area (Å²) in [6.07, 6.45) is 12.0. The molecular formula is C15H31NO2Si. The van der Waals surface area contributed by atoms with Crippen LogP contribution in [0.3, 0.4) is 0 Å². The van der Waals surface area contributed by atoms with Crippen LogP contribution in [0.1, 0.15) is 64.7 Å². The predicted octanol–water partition coefficient (Wildman–Crippen LogP) is 3.72. The Hall–Kier alpha value is 0.0969. The summed E-state index contributed by atoms with van der Waals surface area (Å²) in [6.45, 7) is 2.38. The van der Waals surface area contributed by atoms with Crippen LogP contribution in [0.25, 0.3) is 0 Å². The zero-order valence-corrected chi connectivity index (χ0v) is 13.9. The van der Waals surface area contributed by atoms with Gasteiger partial charge in [-0.05, 0) is 25.2 Å². The van der Waals surface area contributed by atoms with Gasteiger partial charge in [0.2, 0.25) is 0 Å². The molecule has 0 aromatic heterocycles. The summed E-state index contributed by atoms with van der Waals surface area (Å²) < 4.78 is 12.0. The van der Waals surface area contributed by atoms with Crippen molar-refractivity contribution in [3.63, 3.8) is 0 Å². The number of hydrogen-bond donors (Lipinski definition) is 1. The zero-order chi connectivity index (χ0) is 13.7. The molecule has 3 nitrogen and oxygen atoms in total. The molecular weight excluding hydrogens is 254 g/mol. The molecule has 0 aliphatic heterocycles. The Kier molecular flexibility index (Phi) is 5.87. The highest BCUT2D eigenvalue weighted by molar-refractivity contribution is 6.66. The monoisotopic (exact) mass is 285 g/mol. The van der Waals surface area contributed by atoms with Crippen molar-refractivity contribution in [2.75, 3.05) is 14.2 Å². The van der Waals surface area contributed by atoms with Crippen LogP contribution in [0.5, 0.6) is 0 Å². The van der Waals surface area contributed by atoms with Crippen molar-refractivity contribution in [2.24, 2.45) is 5.92 Å². The van der Waals surface area contributed by atoms with Crippen molar-refractivity contribution in [1.82, 2.24) is 4.98 Å². The van der Waals surface area contributed by atoms with Gasteiger partial charge in [0.05, 0.1) is 0 Å². The van der Waals surface area contributed by atoms with Gasteiger partial charge in [-0.3, -0.25) is 4.98 Å². The lowest BCUT2D eigenvalue weighted by atomic mass is 9.90. The molecule has 0 spiro atoms. The maximum Gasteiger partial charge on any atom is 0.428 e. The Morgan fingerprint density at radius 3 is 2.00 bits per heavy atom. The average Bonchev–Trinajstić information content (AvgIpc) is 2.47. The van der Waals surface area contributed by atoms with Crippen LogP contribution in [0, 0.1) is 5.92 Å². The molecule has 0 aromatic carbocycles. The van der Waals surface area contributed by atoms with Crippen LogP contribution >= 0.6 is 0 Å². The molecule has 2 aliphatic carbocycles. The molecule has 0 aromatic rings. The summed E-state index contributed by atoms with van der Waals surface area (Å²) in [5.74, 6) is 0.733. The SMILES string of the molecule is CO[Si](NC1CCCCC1)(OC)C1CCCCC1C. The predicted molar refractivity (Wildman–Crippen MR) is 81.2 cm³/mol. The second-order valence-electron chi connectivity index (χ2n) is 6.42. The lowest BCUT2D eigenvalue weighted by Gasteiger charge is -2.43. The van der Waals surface area contributed by atoms with E-state index < -0.39 is 8.72 Å². The smallest absolute Gasteiger partial charge is 0.386 e. The van der Waals surface area contributed by atoms with Gasteiger partial charge in [0.25, 0.3) is 0 Å². The minimum Gasteiger partial charge on any atom is -0.386 e. The zero-order valence-electron chi connectivity index (χ0n) is 12.9. The van der Waals surface area contributed by atoms with Gasteiger partial charge in [0.1, 0.15) is 0 Å². The number of hydrogen-bond acceptors (Lipinski definition) is 3. The molecule has 0 radical (unpaired) electrons. The number of rotatable bonds is 5. The molecule has 0 amide bonds. The van der Waals surface area contributed by atoms with Gasteiger partial charge in [-0.15, -0.1) is 0 Å². The van der Waals surface area contributed by atoms with Gasteiger partial charge in [-0.1, -0.05) is 45.4 Å².